The Labute approximate surface area is 151 Å². The molecule has 3 aromatic carbocycles. The van der Waals surface area contributed by atoms with Crippen molar-refractivity contribution >= 4 is 41.5 Å². The fourth-order valence-electron chi connectivity index (χ4n) is 3.63. The van der Waals surface area contributed by atoms with E-state index in [0.29, 0.717) is 0 Å². The lowest BCUT2D eigenvalue weighted by Gasteiger charge is -2.33. The van der Waals surface area contributed by atoms with E-state index in [1.54, 1.807) is 15.6 Å². The normalized spacial score (nSPS) is 12.1. The van der Waals surface area contributed by atoms with Gasteiger partial charge in [0.15, 0.2) is 0 Å². The van der Waals surface area contributed by atoms with Crippen molar-refractivity contribution in [3.8, 4) is 0 Å². The molecular weight excluding hydrogens is 336 g/mol. The first-order valence-electron chi connectivity index (χ1n) is 8.77. The standard InChI is InChI=1S/C21H26Si3/c1-16-4-10-19(11-5-16)24(23-22,20-12-6-17(2)7-13-20)21-14-8-18(3)9-15-21/h4-15H,23H2,1-3,22H3. The molecule has 0 radical (unpaired) electrons. The van der Waals surface area contributed by atoms with Gasteiger partial charge in [0.2, 0.25) is 0 Å². The first kappa shape index (κ1) is 17.1. The van der Waals surface area contributed by atoms with Crippen LogP contribution < -0.4 is 15.6 Å². The van der Waals surface area contributed by atoms with Crippen LogP contribution in [-0.2, 0) is 0 Å². The summed E-state index contributed by atoms with van der Waals surface area (Å²) in [6.07, 6.45) is 0. The van der Waals surface area contributed by atoms with Crippen LogP contribution >= 0.6 is 0 Å². The number of hydrogen-bond acceptors (Lipinski definition) is 0. The number of rotatable bonds is 4. The lowest BCUT2D eigenvalue weighted by atomic mass is 10.2. The summed E-state index contributed by atoms with van der Waals surface area (Å²) in [5, 5.41) is 4.80. The van der Waals surface area contributed by atoms with E-state index in [2.05, 4.69) is 93.6 Å². The van der Waals surface area contributed by atoms with E-state index in [0.717, 1.165) is 0 Å². The topological polar surface area (TPSA) is 0 Å². The van der Waals surface area contributed by atoms with Crippen molar-refractivity contribution in [1.82, 2.24) is 0 Å². The van der Waals surface area contributed by atoms with Crippen molar-refractivity contribution in [2.75, 3.05) is 0 Å². The first-order valence-corrected chi connectivity index (χ1v) is 18.8. The fourth-order valence-corrected chi connectivity index (χ4v) is 24.9. The van der Waals surface area contributed by atoms with Crippen LogP contribution in [0.4, 0.5) is 0 Å². The lowest BCUT2D eigenvalue weighted by Crippen LogP contribution is -2.71. The molecular formula is C21H26Si3. The second-order valence-electron chi connectivity index (χ2n) is 6.86. The molecule has 0 spiro atoms. The van der Waals surface area contributed by atoms with Gasteiger partial charge in [-0.05, 0) is 30.5 Å². The molecule has 0 nitrogen and oxygen atoms in total. The number of hydrogen-bond donors (Lipinski definition) is 0. The maximum atomic E-state index is 2.41. The largest absolute Gasteiger partial charge is 0.129 e. The van der Waals surface area contributed by atoms with Crippen LogP contribution in [0.1, 0.15) is 16.7 Å². The molecule has 3 heteroatoms. The molecule has 0 aliphatic rings. The van der Waals surface area contributed by atoms with Crippen LogP contribution in [0.2, 0.25) is 0 Å². The summed E-state index contributed by atoms with van der Waals surface area (Å²) < 4.78 is 0. The van der Waals surface area contributed by atoms with E-state index in [1.807, 2.05) is 0 Å². The third kappa shape index (κ3) is 3.11. The van der Waals surface area contributed by atoms with Crippen LogP contribution in [0.25, 0.3) is 0 Å². The molecule has 0 unspecified atom stereocenters. The summed E-state index contributed by atoms with van der Waals surface area (Å²) in [5.41, 5.74) is 4.05. The van der Waals surface area contributed by atoms with Gasteiger partial charge in [0.25, 0.3) is 0 Å². The third-order valence-corrected chi connectivity index (χ3v) is 26.6. The molecule has 0 saturated carbocycles. The highest BCUT2D eigenvalue weighted by Crippen LogP contribution is 2.09. The summed E-state index contributed by atoms with van der Waals surface area (Å²) >= 11 is 0. The quantitative estimate of drug-likeness (QED) is 0.480. The summed E-state index contributed by atoms with van der Waals surface area (Å²) in [6, 6.07) is 28.2. The van der Waals surface area contributed by atoms with Crippen molar-refractivity contribution in [3.63, 3.8) is 0 Å². The van der Waals surface area contributed by atoms with Gasteiger partial charge in [-0.2, -0.15) is 0 Å². The highest BCUT2D eigenvalue weighted by atomic mass is 29.5. The van der Waals surface area contributed by atoms with Crippen molar-refractivity contribution in [2.24, 2.45) is 0 Å². The van der Waals surface area contributed by atoms with E-state index in [4.69, 9.17) is 0 Å². The predicted octanol–water partition coefficient (Wildman–Crippen LogP) is 1.03. The molecule has 3 aromatic rings. The van der Waals surface area contributed by atoms with Gasteiger partial charge in [0.05, 0.1) is 0 Å². The van der Waals surface area contributed by atoms with Gasteiger partial charge >= 0.3 is 0 Å². The molecule has 0 amide bonds. The fraction of sp³-hybridized carbons (Fsp3) is 0.143. The van der Waals surface area contributed by atoms with Gasteiger partial charge < -0.3 is 0 Å². The van der Waals surface area contributed by atoms with Crippen LogP contribution in [-0.4, -0.2) is 25.9 Å². The van der Waals surface area contributed by atoms with Gasteiger partial charge in [-0.25, -0.2) is 0 Å². The average Bonchev–Trinajstić information content (AvgIpc) is 2.60. The van der Waals surface area contributed by atoms with E-state index in [-0.39, 0.29) is 8.55 Å². The molecule has 0 bridgehead atoms. The Bertz CT molecular complexity index is 692. The second-order valence-corrected chi connectivity index (χ2v) is 22.8. The summed E-state index contributed by atoms with van der Waals surface area (Å²) in [6.45, 7) is 6.55. The van der Waals surface area contributed by atoms with Gasteiger partial charge in [-0.1, -0.05) is 105 Å². The Morgan fingerprint density at radius 2 is 0.792 bits per heavy atom. The zero-order chi connectivity index (χ0) is 17.2. The SMILES string of the molecule is Cc1ccc([Si]([SiH2][SiH3])(c2ccc(C)cc2)c2ccc(C)cc2)cc1. The molecule has 0 N–H and O–H groups in total. The Balaban J connectivity index is 2.27. The number of aryl methyl sites for hydroxylation is 3. The van der Waals surface area contributed by atoms with Crippen molar-refractivity contribution < 1.29 is 0 Å². The van der Waals surface area contributed by atoms with Crippen LogP contribution in [0.3, 0.4) is 0 Å². The van der Waals surface area contributed by atoms with Gasteiger partial charge in [-0.15, -0.1) is 0 Å². The minimum Gasteiger partial charge on any atom is -0.0622 e. The van der Waals surface area contributed by atoms with Crippen molar-refractivity contribution in [3.05, 3.63) is 89.5 Å². The highest BCUT2D eigenvalue weighted by molar-refractivity contribution is 7.53. The Morgan fingerprint density at radius 3 is 1.00 bits per heavy atom. The molecule has 0 aromatic heterocycles. The molecule has 0 fully saturated rings. The summed E-state index contributed by atoms with van der Waals surface area (Å²) in [4.78, 5) is 0. The molecule has 0 atom stereocenters. The first-order chi connectivity index (χ1) is 11.6. The monoisotopic (exact) mass is 362 g/mol. The minimum absolute atomic E-state index is 0.133. The molecule has 122 valence electrons. The Hall–Kier alpha value is -1.69. The maximum Gasteiger partial charge on any atom is 0.129 e. The van der Waals surface area contributed by atoms with Gasteiger partial charge in [-0.3, -0.25) is 0 Å². The molecule has 24 heavy (non-hydrogen) atoms. The maximum absolute atomic E-state index is 2.41. The molecule has 0 saturated heterocycles. The van der Waals surface area contributed by atoms with Crippen molar-refractivity contribution in [1.29, 1.82) is 0 Å². The molecule has 0 heterocycles. The van der Waals surface area contributed by atoms with E-state index < -0.39 is 7.59 Å². The Morgan fingerprint density at radius 1 is 0.542 bits per heavy atom. The zero-order valence-electron chi connectivity index (χ0n) is 15.1. The van der Waals surface area contributed by atoms with E-state index in [1.165, 1.54) is 26.5 Å². The number of benzene rings is 3. The van der Waals surface area contributed by atoms with Crippen molar-refractivity contribution in [2.45, 2.75) is 20.8 Å². The van der Waals surface area contributed by atoms with E-state index in [9.17, 15) is 0 Å². The van der Waals surface area contributed by atoms with Crippen LogP contribution in [0, 0.1) is 20.8 Å². The Kier molecular flexibility index (Phi) is 5.04. The lowest BCUT2D eigenvalue weighted by molar-refractivity contribution is 1.47. The molecule has 0 aliphatic heterocycles. The third-order valence-electron chi connectivity index (χ3n) is 5.16. The predicted molar refractivity (Wildman–Crippen MR) is 117 cm³/mol. The summed E-state index contributed by atoms with van der Waals surface area (Å²) in [5.74, 6) is 0. The second kappa shape index (κ2) is 7.05. The highest BCUT2D eigenvalue weighted by Gasteiger charge is 2.37. The average molecular weight is 363 g/mol. The van der Waals surface area contributed by atoms with Crippen LogP contribution in [0.15, 0.2) is 72.8 Å². The molecule has 3 rings (SSSR count). The molecule has 0 aliphatic carbocycles. The zero-order valence-corrected chi connectivity index (χ0v) is 19.5. The minimum atomic E-state index is -1.77. The summed E-state index contributed by atoms with van der Waals surface area (Å²) in [7, 11) is -0.553. The van der Waals surface area contributed by atoms with Gasteiger partial charge in [0.1, 0.15) is 7.59 Å². The van der Waals surface area contributed by atoms with E-state index >= 15 is 0 Å². The van der Waals surface area contributed by atoms with Crippen LogP contribution in [0.5, 0.6) is 0 Å². The smallest absolute Gasteiger partial charge is 0.0622 e. The van der Waals surface area contributed by atoms with Gasteiger partial charge in [0, 0.05) is 8.55 Å².